The zero-order chi connectivity index (χ0) is 16.9. The van der Waals surface area contributed by atoms with Crippen LogP contribution in [0.4, 0.5) is 0 Å². The number of carbonyl (C=O) groups is 1. The van der Waals surface area contributed by atoms with Crippen molar-refractivity contribution in [3.63, 3.8) is 0 Å². The van der Waals surface area contributed by atoms with Gasteiger partial charge in [0.05, 0.1) is 12.5 Å². The largest absolute Gasteiger partial charge is 0.346 e. The van der Waals surface area contributed by atoms with Crippen molar-refractivity contribution in [2.45, 2.75) is 19.4 Å². The van der Waals surface area contributed by atoms with Gasteiger partial charge in [0.15, 0.2) is 0 Å². The van der Waals surface area contributed by atoms with E-state index in [0.29, 0.717) is 6.42 Å². The van der Waals surface area contributed by atoms with Crippen LogP contribution in [-0.2, 0) is 18.3 Å². The fourth-order valence-electron chi connectivity index (χ4n) is 2.69. The van der Waals surface area contributed by atoms with Crippen molar-refractivity contribution >= 4 is 5.91 Å². The van der Waals surface area contributed by atoms with Gasteiger partial charge in [-0.25, -0.2) is 4.98 Å². The van der Waals surface area contributed by atoms with E-state index >= 15 is 0 Å². The predicted octanol–water partition coefficient (Wildman–Crippen LogP) is 2.90. The maximum atomic E-state index is 12.2. The molecule has 3 aromatic rings. The second-order valence-electron chi connectivity index (χ2n) is 5.77. The van der Waals surface area contributed by atoms with E-state index in [4.69, 9.17) is 0 Å². The molecule has 0 saturated carbocycles. The molecule has 0 aliphatic rings. The van der Waals surface area contributed by atoms with Crippen molar-refractivity contribution in [1.29, 1.82) is 0 Å². The van der Waals surface area contributed by atoms with Crippen molar-refractivity contribution in [2.24, 2.45) is 7.05 Å². The van der Waals surface area contributed by atoms with E-state index in [1.165, 1.54) is 11.9 Å². The third kappa shape index (κ3) is 3.68. The summed E-state index contributed by atoms with van der Waals surface area (Å²) in [5.74, 6) is 0.709. The van der Waals surface area contributed by atoms with Crippen LogP contribution in [0.2, 0.25) is 0 Å². The third-order valence-electron chi connectivity index (χ3n) is 3.94. The molecule has 3 rings (SSSR count). The number of aryl methyl sites for hydroxylation is 1. The Balaban J connectivity index is 1.62. The maximum Gasteiger partial charge on any atom is 0.224 e. The Labute approximate surface area is 141 Å². The zero-order valence-electron chi connectivity index (χ0n) is 13.8. The molecular formula is C19H20N4O. The summed E-state index contributed by atoms with van der Waals surface area (Å²) in [5, 5.41) is 6.98. The lowest BCUT2D eigenvalue weighted by Gasteiger charge is -2.13. The first-order valence-electron chi connectivity index (χ1n) is 7.91. The number of nitrogens with one attached hydrogen (secondary N) is 1. The molecule has 0 radical (unpaired) electrons. The first-order chi connectivity index (χ1) is 11.6. The first kappa shape index (κ1) is 15.9. The van der Waals surface area contributed by atoms with E-state index in [1.807, 2.05) is 56.4 Å². The highest BCUT2D eigenvalue weighted by atomic mass is 16.1. The summed E-state index contributed by atoms with van der Waals surface area (Å²) in [5.41, 5.74) is 3.30. The molecule has 24 heavy (non-hydrogen) atoms. The topological polar surface area (TPSA) is 59.8 Å². The van der Waals surface area contributed by atoms with Crippen LogP contribution in [0.5, 0.6) is 0 Å². The molecule has 0 saturated heterocycles. The zero-order valence-corrected chi connectivity index (χ0v) is 13.8. The van der Waals surface area contributed by atoms with Crippen molar-refractivity contribution in [2.75, 3.05) is 0 Å². The summed E-state index contributed by atoms with van der Waals surface area (Å²) in [6, 6.07) is 18.1. The van der Waals surface area contributed by atoms with Gasteiger partial charge in [0.25, 0.3) is 0 Å². The van der Waals surface area contributed by atoms with Gasteiger partial charge < -0.3 is 5.32 Å². The van der Waals surface area contributed by atoms with Crippen LogP contribution >= 0.6 is 0 Å². The Bertz CT molecular complexity index is 809. The van der Waals surface area contributed by atoms with Gasteiger partial charge in [0, 0.05) is 7.05 Å². The molecule has 2 aromatic carbocycles. The maximum absolute atomic E-state index is 12.2. The van der Waals surface area contributed by atoms with Crippen LogP contribution in [0.1, 0.15) is 24.4 Å². The lowest BCUT2D eigenvalue weighted by atomic mass is 10.0. The summed E-state index contributed by atoms with van der Waals surface area (Å²) >= 11 is 0. The molecule has 0 bridgehead atoms. The van der Waals surface area contributed by atoms with E-state index < -0.39 is 0 Å². The minimum atomic E-state index is -0.173. The van der Waals surface area contributed by atoms with E-state index in [-0.39, 0.29) is 11.9 Å². The van der Waals surface area contributed by atoms with Gasteiger partial charge in [-0.05, 0) is 23.6 Å². The summed E-state index contributed by atoms with van der Waals surface area (Å²) < 4.78 is 1.67. The molecule has 1 atom stereocenters. The first-order valence-corrected chi connectivity index (χ1v) is 7.91. The number of carbonyl (C=O) groups excluding carboxylic acids is 1. The Morgan fingerprint density at radius 1 is 1.08 bits per heavy atom. The average Bonchev–Trinajstić information content (AvgIpc) is 3.02. The Morgan fingerprint density at radius 2 is 1.75 bits per heavy atom. The van der Waals surface area contributed by atoms with Crippen LogP contribution in [-0.4, -0.2) is 20.7 Å². The fraction of sp³-hybridized carbons (Fsp3) is 0.211. The fourth-order valence-corrected chi connectivity index (χ4v) is 2.69. The molecule has 0 aliphatic heterocycles. The molecular weight excluding hydrogens is 300 g/mol. The smallest absolute Gasteiger partial charge is 0.224 e. The number of aromatic nitrogens is 3. The molecule has 0 fully saturated rings. The van der Waals surface area contributed by atoms with Crippen LogP contribution in [0.15, 0.2) is 60.9 Å². The minimum absolute atomic E-state index is 0.0297. The Hall–Kier alpha value is -2.95. The van der Waals surface area contributed by atoms with Crippen LogP contribution < -0.4 is 5.32 Å². The van der Waals surface area contributed by atoms with Crippen LogP contribution in [0.25, 0.3) is 11.1 Å². The third-order valence-corrected chi connectivity index (χ3v) is 3.94. The summed E-state index contributed by atoms with van der Waals surface area (Å²) in [7, 11) is 1.81. The van der Waals surface area contributed by atoms with Gasteiger partial charge in [0.1, 0.15) is 12.2 Å². The van der Waals surface area contributed by atoms with Crippen LogP contribution in [0, 0.1) is 0 Å². The average molecular weight is 320 g/mol. The summed E-state index contributed by atoms with van der Waals surface area (Å²) in [6.45, 7) is 1.90. The molecule has 1 amide bonds. The number of amides is 1. The molecule has 5 heteroatoms. The van der Waals surface area contributed by atoms with Crippen molar-refractivity contribution in [3.8, 4) is 11.1 Å². The summed E-state index contributed by atoms with van der Waals surface area (Å²) in [4.78, 5) is 16.4. The summed E-state index contributed by atoms with van der Waals surface area (Å²) in [6.07, 6.45) is 1.83. The van der Waals surface area contributed by atoms with E-state index in [0.717, 1.165) is 17.0 Å². The molecule has 0 aliphatic carbocycles. The van der Waals surface area contributed by atoms with Crippen molar-refractivity contribution in [1.82, 2.24) is 20.1 Å². The van der Waals surface area contributed by atoms with Crippen molar-refractivity contribution < 1.29 is 4.79 Å². The predicted molar refractivity (Wildman–Crippen MR) is 93.1 cm³/mol. The Kier molecular flexibility index (Phi) is 4.70. The minimum Gasteiger partial charge on any atom is -0.346 e. The molecule has 0 unspecified atom stereocenters. The molecule has 122 valence electrons. The SMILES string of the molecule is C[C@@H](NC(=O)Cc1ccc(-c2ccccc2)cc1)c1ncnn1C. The second-order valence-corrected chi connectivity index (χ2v) is 5.77. The highest BCUT2D eigenvalue weighted by Gasteiger charge is 2.14. The number of benzene rings is 2. The van der Waals surface area contributed by atoms with Gasteiger partial charge in [-0.2, -0.15) is 5.10 Å². The molecule has 1 heterocycles. The molecule has 1 N–H and O–H groups in total. The van der Waals surface area contributed by atoms with Crippen LogP contribution in [0.3, 0.4) is 0 Å². The second kappa shape index (κ2) is 7.08. The number of hydrogen-bond acceptors (Lipinski definition) is 3. The normalized spacial score (nSPS) is 11.9. The van der Waals surface area contributed by atoms with Gasteiger partial charge in [-0.1, -0.05) is 54.6 Å². The van der Waals surface area contributed by atoms with Crippen molar-refractivity contribution in [3.05, 3.63) is 72.3 Å². The Morgan fingerprint density at radius 3 is 2.38 bits per heavy atom. The quantitative estimate of drug-likeness (QED) is 0.786. The number of hydrogen-bond donors (Lipinski definition) is 1. The molecule has 5 nitrogen and oxygen atoms in total. The lowest BCUT2D eigenvalue weighted by Crippen LogP contribution is -2.29. The van der Waals surface area contributed by atoms with Gasteiger partial charge in [-0.15, -0.1) is 0 Å². The van der Waals surface area contributed by atoms with Gasteiger partial charge in [-0.3, -0.25) is 9.48 Å². The standard InChI is InChI=1S/C19H20N4O/c1-14(19-20-13-21-23(19)2)22-18(24)12-15-8-10-17(11-9-15)16-6-4-3-5-7-16/h3-11,13-14H,12H2,1-2H3,(H,22,24)/t14-/m1/s1. The highest BCUT2D eigenvalue weighted by Crippen LogP contribution is 2.19. The van der Waals surface area contributed by atoms with Gasteiger partial charge in [0.2, 0.25) is 5.91 Å². The lowest BCUT2D eigenvalue weighted by molar-refractivity contribution is -0.121. The molecule has 1 aromatic heterocycles. The highest BCUT2D eigenvalue weighted by molar-refractivity contribution is 5.79. The number of nitrogens with zero attached hydrogens (tertiary/aromatic N) is 3. The molecule has 0 spiro atoms. The van der Waals surface area contributed by atoms with E-state index in [9.17, 15) is 4.79 Å². The monoisotopic (exact) mass is 320 g/mol. The van der Waals surface area contributed by atoms with E-state index in [2.05, 4.69) is 27.5 Å². The van der Waals surface area contributed by atoms with Gasteiger partial charge >= 0.3 is 0 Å². The number of rotatable bonds is 5. The van der Waals surface area contributed by atoms with E-state index in [1.54, 1.807) is 4.68 Å².